The lowest BCUT2D eigenvalue weighted by molar-refractivity contribution is 1.02. The van der Waals surface area contributed by atoms with Crippen LogP contribution < -0.4 is 0 Å². The molecule has 12 rings (SSSR count). The fourth-order valence-electron chi connectivity index (χ4n) is 9.25. The van der Waals surface area contributed by atoms with Crippen molar-refractivity contribution in [1.29, 1.82) is 0 Å². The first-order chi connectivity index (χ1) is 29.2. The zero-order valence-corrected chi connectivity index (χ0v) is 32.2. The van der Waals surface area contributed by atoms with Gasteiger partial charge in [0.1, 0.15) is 0 Å². The number of aromatic nitrogens is 4. The van der Waals surface area contributed by atoms with Gasteiger partial charge in [0, 0.05) is 38.5 Å². The third kappa shape index (κ3) is 5.49. The average molecular weight is 753 g/mol. The Bertz CT molecular complexity index is 3410. The quantitative estimate of drug-likeness (QED) is 0.159. The van der Waals surface area contributed by atoms with Gasteiger partial charge in [-0.25, -0.2) is 15.0 Å². The Labute approximate surface area is 341 Å². The van der Waals surface area contributed by atoms with Crippen molar-refractivity contribution in [3.05, 3.63) is 194 Å². The summed E-state index contributed by atoms with van der Waals surface area (Å²) in [6.07, 6.45) is 9.04. The molecule has 2 aromatic heterocycles. The number of fused-ring (bicyclic) bond motifs is 5. The van der Waals surface area contributed by atoms with Crippen molar-refractivity contribution in [3.63, 3.8) is 0 Å². The van der Waals surface area contributed by atoms with Gasteiger partial charge in [-0.05, 0) is 105 Å². The summed E-state index contributed by atoms with van der Waals surface area (Å²) in [4.78, 5) is 15.8. The van der Waals surface area contributed by atoms with Crippen LogP contribution in [-0.4, -0.2) is 19.5 Å². The van der Waals surface area contributed by atoms with Crippen LogP contribution in [0.15, 0.2) is 194 Å². The van der Waals surface area contributed by atoms with Crippen molar-refractivity contribution in [1.82, 2.24) is 19.5 Å². The molecule has 0 atom stereocenters. The van der Waals surface area contributed by atoms with E-state index in [0.29, 0.717) is 17.5 Å². The topological polar surface area (TPSA) is 43.6 Å². The van der Waals surface area contributed by atoms with Gasteiger partial charge in [0.05, 0.1) is 11.0 Å². The summed E-state index contributed by atoms with van der Waals surface area (Å²) in [6, 6.07) is 62.8. The van der Waals surface area contributed by atoms with Crippen LogP contribution in [0, 0.1) is 0 Å². The number of rotatable bonds is 6. The first-order valence-electron chi connectivity index (χ1n) is 20.3. The SMILES string of the molecule is C1=CC(n2c3ccc(-c4nc(-c5ccccc5)nc(-c5cc(-c6ccccc6)cc(-c6ccccc6)c5)n4)cc3c3c4cccc5ccc6cccc(c6c54)c32)=CCC1. The third-order valence-electron chi connectivity index (χ3n) is 11.9. The molecule has 0 fully saturated rings. The van der Waals surface area contributed by atoms with Crippen LogP contribution in [0.5, 0.6) is 0 Å². The molecule has 4 heteroatoms. The minimum Gasteiger partial charge on any atom is -0.309 e. The van der Waals surface area contributed by atoms with E-state index in [2.05, 4.69) is 181 Å². The Kier molecular flexibility index (Phi) is 7.63. The summed E-state index contributed by atoms with van der Waals surface area (Å²) in [7, 11) is 0. The second kappa shape index (κ2) is 13.5. The molecule has 0 unspecified atom stereocenters. The molecule has 1 aliphatic carbocycles. The molecule has 1 aliphatic rings. The predicted octanol–water partition coefficient (Wildman–Crippen LogP) is 14.4. The maximum Gasteiger partial charge on any atom is 0.164 e. The lowest BCUT2D eigenvalue weighted by Gasteiger charge is -2.16. The van der Waals surface area contributed by atoms with Crippen LogP contribution in [0.1, 0.15) is 12.8 Å². The van der Waals surface area contributed by atoms with Gasteiger partial charge < -0.3 is 4.57 Å². The van der Waals surface area contributed by atoms with E-state index in [0.717, 1.165) is 51.8 Å². The molecule has 0 N–H and O–H groups in total. The largest absolute Gasteiger partial charge is 0.309 e. The third-order valence-corrected chi connectivity index (χ3v) is 11.9. The van der Waals surface area contributed by atoms with Gasteiger partial charge >= 0.3 is 0 Å². The molecule has 0 saturated carbocycles. The Morgan fingerprint density at radius 3 is 1.56 bits per heavy atom. The maximum absolute atomic E-state index is 5.34. The minimum atomic E-state index is 0.631. The monoisotopic (exact) mass is 752 g/mol. The van der Waals surface area contributed by atoms with Gasteiger partial charge in [0.15, 0.2) is 17.5 Å². The van der Waals surface area contributed by atoms with Crippen LogP contribution in [0.25, 0.3) is 116 Å². The molecule has 11 aromatic rings. The van der Waals surface area contributed by atoms with Gasteiger partial charge in [-0.3, -0.25) is 0 Å². The zero-order chi connectivity index (χ0) is 38.9. The minimum absolute atomic E-state index is 0.631. The molecule has 0 amide bonds. The van der Waals surface area contributed by atoms with Crippen molar-refractivity contribution in [2.45, 2.75) is 12.8 Å². The Morgan fingerprint density at radius 1 is 0.373 bits per heavy atom. The van der Waals surface area contributed by atoms with Gasteiger partial charge in [-0.1, -0.05) is 152 Å². The molecule has 9 aromatic carbocycles. The van der Waals surface area contributed by atoms with Crippen molar-refractivity contribution in [3.8, 4) is 56.4 Å². The molecule has 59 heavy (non-hydrogen) atoms. The van der Waals surface area contributed by atoms with Crippen molar-refractivity contribution < 1.29 is 0 Å². The number of benzene rings is 9. The molecule has 0 aliphatic heterocycles. The van der Waals surface area contributed by atoms with Crippen molar-refractivity contribution in [2.24, 2.45) is 0 Å². The van der Waals surface area contributed by atoms with E-state index in [4.69, 9.17) is 15.0 Å². The zero-order valence-electron chi connectivity index (χ0n) is 32.2. The number of hydrogen-bond acceptors (Lipinski definition) is 3. The van der Waals surface area contributed by atoms with E-state index in [9.17, 15) is 0 Å². The van der Waals surface area contributed by atoms with Crippen LogP contribution >= 0.6 is 0 Å². The highest BCUT2D eigenvalue weighted by molar-refractivity contribution is 6.38. The Morgan fingerprint density at radius 2 is 0.932 bits per heavy atom. The first-order valence-corrected chi connectivity index (χ1v) is 20.3. The van der Waals surface area contributed by atoms with E-state index in [1.807, 2.05) is 18.2 Å². The summed E-state index contributed by atoms with van der Waals surface area (Å²) in [6.45, 7) is 0. The second-order valence-electron chi connectivity index (χ2n) is 15.5. The molecule has 0 bridgehead atoms. The molecule has 276 valence electrons. The predicted molar refractivity (Wildman–Crippen MR) is 246 cm³/mol. The highest BCUT2D eigenvalue weighted by Gasteiger charge is 2.23. The summed E-state index contributed by atoms with van der Waals surface area (Å²) < 4.78 is 2.49. The number of nitrogens with zero attached hydrogens (tertiary/aromatic N) is 4. The van der Waals surface area contributed by atoms with E-state index in [-0.39, 0.29) is 0 Å². The highest BCUT2D eigenvalue weighted by Crippen LogP contribution is 2.46. The van der Waals surface area contributed by atoms with E-state index in [1.165, 1.54) is 59.8 Å². The summed E-state index contributed by atoms with van der Waals surface area (Å²) in [5.74, 6) is 1.91. The van der Waals surface area contributed by atoms with Crippen molar-refractivity contribution >= 4 is 59.8 Å². The molecular weight excluding hydrogens is 717 g/mol. The number of allylic oxidation sites excluding steroid dienone is 4. The average Bonchev–Trinajstić information content (AvgIpc) is 3.67. The van der Waals surface area contributed by atoms with E-state index in [1.54, 1.807) is 0 Å². The van der Waals surface area contributed by atoms with Gasteiger partial charge in [0.25, 0.3) is 0 Å². The molecule has 0 saturated heterocycles. The molecule has 4 nitrogen and oxygen atoms in total. The fraction of sp³-hybridized carbons (Fsp3) is 0.0364. The second-order valence-corrected chi connectivity index (χ2v) is 15.5. The molecule has 0 radical (unpaired) electrons. The maximum atomic E-state index is 5.34. The number of hydrogen-bond donors (Lipinski definition) is 0. The Balaban J connectivity index is 1.14. The normalized spacial score (nSPS) is 13.0. The summed E-state index contributed by atoms with van der Waals surface area (Å²) in [5.41, 5.74) is 10.9. The first kappa shape index (κ1) is 33.4. The highest BCUT2D eigenvalue weighted by atomic mass is 15.0. The Hall–Kier alpha value is -7.69. The standard InChI is InChI=1S/C55H36N4/c1-5-15-35(16-6-1)41-31-42(36-17-7-2-8-18-36)33-43(32-41)55-57-53(39-19-9-3-10-20-39)56-54(58-55)40-29-30-48-47(34-40)51-45-25-13-21-37-27-28-38-22-14-26-46(50(38)49(37)45)52(51)59(48)44-23-11-4-12-24-44/h1-3,5-11,13-34H,4,12H2. The molecule has 2 heterocycles. The van der Waals surface area contributed by atoms with E-state index < -0.39 is 0 Å². The van der Waals surface area contributed by atoms with Crippen LogP contribution in [-0.2, 0) is 0 Å². The summed E-state index contributed by atoms with van der Waals surface area (Å²) in [5, 5.41) is 10.1. The lowest BCUT2D eigenvalue weighted by atomic mass is 9.91. The molecule has 0 spiro atoms. The van der Waals surface area contributed by atoms with Gasteiger partial charge in [-0.2, -0.15) is 0 Å². The fourth-order valence-corrected chi connectivity index (χ4v) is 9.25. The van der Waals surface area contributed by atoms with Gasteiger partial charge in [0.2, 0.25) is 0 Å². The summed E-state index contributed by atoms with van der Waals surface area (Å²) >= 11 is 0. The van der Waals surface area contributed by atoms with Crippen LogP contribution in [0.2, 0.25) is 0 Å². The van der Waals surface area contributed by atoms with Crippen molar-refractivity contribution in [2.75, 3.05) is 0 Å². The molecular formula is C55H36N4. The van der Waals surface area contributed by atoms with E-state index >= 15 is 0 Å². The smallest absolute Gasteiger partial charge is 0.164 e. The van der Waals surface area contributed by atoms with Crippen LogP contribution in [0.4, 0.5) is 0 Å². The van der Waals surface area contributed by atoms with Gasteiger partial charge in [-0.15, -0.1) is 0 Å². The van der Waals surface area contributed by atoms with Crippen LogP contribution in [0.3, 0.4) is 0 Å². The lowest BCUT2D eigenvalue weighted by Crippen LogP contribution is -2.01.